The van der Waals surface area contributed by atoms with Crippen molar-refractivity contribution in [3.63, 3.8) is 0 Å². The molecule has 5 heteroatoms. The molecule has 1 unspecified atom stereocenters. The summed E-state index contributed by atoms with van der Waals surface area (Å²) in [4.78, 5) is 0. The molecule has 0 aromatic heterocycles. The molecule has 0 aromatic carbocycles. The Bertz CT molecular complexity index is 303. The molecule has 0 heterocycles. The molecule has 0 aliphatic carbocycles. The van der Waals surface area contributed by atoms with Crippen molar-refractivity contribution in [3.8, 4) is 0 Å². The lowest BCUT2D eigenvalue weighted by Crippen LogP contribution is -2.32. The summed E-state index contributed by atoms with van der Waals surface area (Å²) in [6, 6.07) is 0. The van der Waals surface area contributed by atoms with Crippen molar-refractivity contribution in [1.82, 2.24) is 4.72 Å². The van der Waals surface area contributed by atoms with E-state index in [0.717, 1.165) is 19.3 Å². The summed E-state index contributed by atoms with van der Waals surface area (Å²) in [7, 11) is -3.14. The second-order valence-electron chi connectivity index (χ2n) is 6.11. The molecule has 0 radical (unpaired) electrons. The van der Waals surface area contributed by atoms with Gasteiger partial charge in [-0.2, -0.15) is 0 Å². The third kappa shape index (κ3) is 10.2. The Labute approximate surface area is 118 Å². The molecular formula is C13H28ClNO2S. The minimum Gasteiger partial charge on any atom is -0.215 e. The smallest absolute Gasteiger partial charge is 0.211 e. The molecule has 0 aliphatic rings. The van der Waals surface area contributed by atoms with Crippen molar-refractivity contribution in [3.05, 3.63) is 0 Å². The second kappa shape index (κ2) is 8.39. The number of halogens is 1. The van der Waals surface area contributed by atoms with Gasteiger partial charge in [0.1, 0.15) is 0 Å². The number of sulfonamides is 1. The van der Waals surface area contributed by atoms with Crippen LogP contribution < -0.4 is 4.72 Å². The molecule has 0 amide bonds. The molecule has 18 heavy (non-hydrogen) atoms. The summed E-state index contributed by atoms with van der Waals surface area (Å²) in [6.45, 7) is 8.78. The van der Waals surface area contributed by atoms with Gasteiger partial charge in [0.15, 0.2) is 0 Å². The van der Waals surface area contributed by atoms with Gasteiger partial charge in [-0.3, -0.25) is 0 Å². The lowest BCUT2D eigenvalue weighted by Gasteiger charge is -2.19. The number of hydrogen-bond acceptors (Lipinski definition) is 2. The molecule has 0 bridgehead atoms. The monoisotopic (exact) mass is 297 g/mol. The molecule has 110 valence electrons. The van der Waals surface area contributed by atoms with E-state index in [4.69, 9.17) is 11.6 Å². The van der Waals surface area contributed by atoms with Gasteiger partial charge >= 0.3 is 0 Å². The van der Waals surface area contributed by atoms with Crippen LogP contribution in [0.2, 0.25) is 0 Å². The van der Waals surface area contributed by atoms with Crippen LogP contribution in [0.5, 0.6) is 0 Å². The van der Waals surface area contributed by atoms with Crippen molar-refractivity contribution >= 4 is 21.6 Å². The highest BCUT2D eigenvalue weighted by molar-refractivity contribution is 7.89. The van der Waals surface area contributed by atoms with Crippen molar-refractivity contribution < 1.29 is 8.42 Å². The standard InChI is InChI=1S/C13H28ClNO2S/c1-5-6-12(7-9-14)11-15-18(16,17)10-8-13(2,3)4/h12,15H,5-11H2,1-4H3. The van der Waals surface area contributed by atoms with E-state index in [0.29, 0.717) is 24.8 Å². The maximum absolute atomic E-state index is 11.8. The van der Waals surface area contributed by atoms with Crippen LogP contribution >= 0.6 is 11.6 Å². The Balaban J connectivity index is 4.15. The zero-order valence-corrected chi connectivity index (χ0v) is 13.7. The van der Waals surface area contributed by atoms with E-state index >= 15 is 0 Å². The van der Waals surface area contributed by atoms with Crippen molar-refractivity contribution in [1.29, 1.82) is 0 Å². The molecule has 0 aliphatic heterocycles. The van der Waals surface area contributed by atoms with Gasteiger partial charge in [0, 0.05) is 12.4 Å². The molecule has 0 aromatic rings. The van der Waals surface area contributed by atoms with E-state index in [1.54, 1.807) is 0 Å². The normalized spacial score (nSPS) is 14.7. The highest BCUT2D eigenvalue weighted by Gasteiger charge is 2.18. The van der Waals surface area contributed by atoms with Crippen LogP contribution in [-0.2, 0) is 10.0 Å². The van der Waals surface area contributed by atoms with Gasteiger partial charge < -0.3 is 0 Å². The quantitative estimate of drug-likeness (QED) is 0.663. The van der Waals surface area contributed by atoms with Crippen molar-refractivity contribution in [2.75, 3.05) is 18.2 Å². The van der Waals surface area contributed by atoms with Gasteiger partial charge in [-0.15, -0.1) is 11.6 Å². The zero-order valence-electron chi connectivity index (χ0n) is 12.1. The lowest BCUT2D eigenvalue weighted by atomic mass is 9.94. The number of nitrogens with one attached hydrogen (secondary N) is 1. The zero-order chi connectivity index (χ0) is 14.2. The van der Waals surface area contributed by atoms with Crippen LogP contribution in [-0.4, -0.2) is 26.6 Å². The average Bonchev–Trinajstić information content (AvgIpc) is 2.23. The third-order valence-corrected chi connectivity index (χ3v) is 4.49. The maximum atomic E-state index is 11.8. The first kappa shape index (κ1) is 18.2. The molecular weight excluding hydrogens is 270 g/mol. The van der Waals surface area contributed by atoms with E-state index in [9.17, 15) is 8.42 Å². The Morgan fingerprint density at radius 1 is 1.22 bits per heavy atom. The highest BCUT2D eigenvalue weighted by atomic mass is 35.5. The Kier molecular flexibility index (Phi) is 8.48. The molecule has 0 rings (SSSR count). The lowest BCUT2D eigenvalue weighted by molar-refractivity contribution is 0.395. The van der Waals surface area contributed by atoms with Crippen LogP contribution in [0.15, 0.2) is 0 Å². The fourth-order valence-corrected chi connectivity index (χ4v) is 3.49. The fourth-order valence-electron chi connectivity index (χ4n) is 1.67. The van der Waals surface area contributed by atoms with Gasteiger partial charge in [0.2, 0.25) is 10.0 Å². The summed E-state index contributed by atoms with van der Waals surface area (Å²) in [5.41, 5.74) is 0.0493. The highest BCUT2D eigenvalue weighted by Crippen LogP contribution is 2.19. The number of hydrogen-bond donors (Lipinski definition) is 1. The van der Waals surface area contributed by atoms with E-state index < -0.39 is 10.0 Å². The summed E-state index contributed by atoms with van der Waals surface area (Å²) >= 11 is 5.73. The summed E-state index contributed by atoms with van der Waals surface area (Å²) in [6.07, 6.45) is 3.63. The number of alkyl halides is 1. The molecule has 0 fully saturated rings. The minimum absolute atomic E-state index is 0.0493. The van der Waals surface area contributed by atoms with E-state index in [2.05, 4.69) is 32.4 Å². The second-order valence-corrected chi connectivity index (χ2v) is 8.41. The molecule has 1 N–H and O–H groups in total. The minimum atomic E-state index is -3.14. The number of rotatable bonds is 9. The Morgan fingerprint density at radius 2 is 1.83 bits per heavy atom. The summed E-state index contributed by atoms with van der Waals surface area (Å²) < 4.78 is 26.4. The van der Waals surface area contributed by atoms with E-state index in [1.165, 1.54) is 0 Å². The third-order valence-electron chi connectivity index (χ3n) is 2.93. The van der Waals surface area contributed by atoms with Crippen LogP contribution in [0, 0.1) is 11.3 Å². The molecule has 0 spiro atoms. The molecule has 0 saturated heterocycles. The van der Waals surface area contributed by atoms with Gasteiger partial charge in [-0.25, -0.2) is 13.1 Å². The first-order valence-electron chi connectivity index (χ1n) is 6.73. The van der Waals surface area contributed by atoms with E-state index in [-0.39, 0.29) is 11.2 Å². The predicted octanol–water partition coefficient (Wildman–Crippen LogP) is 3.39. The average molecular weight is 298 g/mol. The molecule has 0 saturated carbocycles. The largest absolute Gasteiger partial charge is 0.215 e. The Hall–Kier alpha value is 0.200. The van der Waals surface area contributed by atoms with Gasteiger partial charge in [-0.05, 0) is 30.6 Å². The van der Waals surface area contributed by atoms with E-state index in [1.807, 2.05) is 0 Å². The van der Waals surface area contributed by atoms with Crippen LogP contribution in [0.25, 0.3) is 0 Å². The summed E-state index contributed by atoms with van der Waals surface area (Å²) in [5.74, 6) is 1.15. The van der Waals surface area contributed by atoms with Crippen molar-refractivity contribution in [2.45, 2.75) is 53.4 Å². The molecule has 3 nitrogen and oxygen atoms in total. The van der Waals surface area contributed by atoms with Crippen LogP contribution in [0.3, 0.4) is 0 Å². The predicted molar refractivity (Wildman–Crippen MR) is 79.6 cm³/mol. The summed E-state index contributed by atoms with van der Waals surface area (Å²) in [5, 5.41) is 0. The maximum Gasteiger partial charge on any atom is 0.211 e. The topological polar surface area (TPSA) is 46.2 Å². The van der Waals surface area contributed by atoms with Crippen LogP contribution in [0.1, 0.15) is 53.4 Å². The first-order chi connectivity index (χ1) is 8.20. The van der Waals surface area contributed by atoms with Gasteiger partial charge in [0.05, 0.1) is 5.75 Å². The van der Waals surface area contributed by atoms with Crippen LogP contribution in [0.4, 0.5) is 0 Å². The fraction of sp³-hybridized carbons (Fsp3) is 1.00. The van der Waals surface area contributed by atoms with Gasteiger partial charge in [-0.1, -0.05) is 34.1 Å². The SMILES string of the molecule is CCCC(CCCl)CNS(=O)(=O)CCC(C)(C)C. The first-order valence-corrected chi connectivity index (χ1v) is 8.92. The van der Waals surface area contributed by atoms with Gasteiger partial charge in [0.25, 0.3) is 0 Å². The van der Waals surface area contributed by atoms with Crippen molar-refractivity contribution in [2.24, 2.45) is 11.3 Å². The Morgan fingerprint density at radius 3 is 2.28 bits per heavy atom. The molecule has 1 atom stereocenters.